The number of benzene rings is 1. The van der Waals surface area contributed by atoms with Crippen LogP contribution in [0.4, 0.5) is 0 Å². The number of nitrogens with zero attached hydrogens (tertiary/aromatic N) is 1. The van der Waals surface area contributed by atoms with E-state index in [0.29, 0.717) is 12.1 Å². The number of carboxylic acids is 1. The number of aromatic carboxylic acids is 1. The van der Waals surface area contributed by atoms with Gasteiger partial charge in [0.2, 0.25) is 0 Å². The Kier molecular flexibility index (Phi) is 3.86. The second-order valence-electron chi connectivity index (χ2n) is 5.53. The maximum atomic E-state index is 11.7. The van der Waals surface area contributed by atoms with E-state index in [4.69, 9.17) is 5.73 Å². The van der Waals surface area contributed by atoms with Crippen LogP contribution in [0.2, 0.25) is 0 Å². The number of hydrogen-bond donors (Lipinski definition) is 2. The Labute approximate surface area is 119 Å². The van der Waals surface area contributed by atoms with Gasteiger partial charge in [-0.1, -0.05) is 12.1 Å². The highest BCUT2D eigenvalue weighted by molar-refractivity contribution is 6.05. The van der Waals surface area contributed by atoms with Gasteiger partial charge in [0.1, 0.15) is 0 Å². The molecule has 108 valence electrons. The summed E-state index contributed by atoms with van der Waals surface area (Å²) in [6.07, 6.45) is 0.768. The molecule has 0 radical (unpaired) electrons. The number of hydrogen-bond acceptors (Lipinski definition) is 2. The minimum absolute atomic E-state index is 0.212. The quantitative estimate of drug-likeness (QED) is 0.900. The van der Waals surface area contributed by atoms with Gasteiger partial charge in [-0.15, -0.1) is 0 Å². The molecule has 0 aliphatic carbocycles. The minimum Gasteiger partial charge on any atom is -0.478 e. The monoisotopic (exact) mass is 274 g/mol. The van der Waals surface area contributed by atoms with E-state index < -0.39 is 5.97 Å². The molecule has 0 aliphatic rings. The molecule has 0 amide bonds. The van der Waals surface area contributed by atoms with Crippen molar-refractivity contribution < 1.29 is 9.90 Å². The molecular formula is C16H22N2O2. The van der Waals surface area contributed by atoms with Gasteiger partial charge in [0.05, 0.1) is 11.1 Å². The molecule has 4 heteroatoms. The van der Waals surface area contributed by atoms with Crippen LogP contribution in [0.25, 0.3) is 10.9 Å². The normalized spacial score (nSPS) is 11.5. The predicted octanol–water partition coefficient (Wildman–Crippen LogP) is 3.04. The zero-order valence-electron chi connectivity index (χ0n) is 12.5. The number of carboxylic acid groups (broad SMARTS) is 1. The predicted molar refractivity (Wildman–Crippen MR) is 81.5 cm³/mol. The van der Waals surface area contributed by atoms with E-state index >= 15 is 0 Å². The van der Waals surface area contributed by atoms with Crippen LogP contribution >= 0.6 is 0 Å². The molecule has 0 bridgehead atoms. The molecule has 0 aliphatic heterocycles. The molecule has 0 saturated carbocycles. The minimum atomic E-state index is -0.869. The van der Waals surface area contributed by atoms with Crippen LogP contribution < -0.4 is 5.73 Å². The molecule has 0 atom stereocenters. The van der Waals surface area contributed by atoms with E-state index in [9.17, 15) is 9.90 Å². The summed E-state index contributed by atoms with van der Waals surface area (Å²) in [6, 6.07) is 4.12. The number of aryl methyl sites for hydroxylation is 1. The van der Waals surface area contributed by atoms with Crippen molar-refractivity contribution in [3.8, 4) is 0 Å². The Balaban J connectivity index is 2.97. The first-order chi connectivity index (χ1) is 9.40. The first kappa shape index (κ1) is 14.6. The van der Waals surface area contributed by atoms with Crippen LogP contribution in [-0.4, -0.2) is 22.2 Å². The average molecular weight is 274 g/mol. The Morgan fingerprint density at radius 1 is 1.35 bits per heavy atom. The molecule has 2 aromatic rings. The van der Waals surface area contributed by atoms with Gasteiger partial charge in [0.25, 0.3) is 0 Å². The molecule has 1 aromatic heterocycles. The zero-order valence-corrected chi connectivity index (χ0v) is 12.5. The van der Waals surface area contributed by atoms with Crippen LogP contribution in [0.15, 0.2) is 12.1 Å². The average Bonchev–Trinajstić information content (AvgIpc) is 2.62. The maximum absolute atomic E-state index is 11.7. The molecule has 0 saturated heterocycles. The smallest absolute Gasteiger partial charge is 0.338 e. The standard InChI is InChI=1S/C16H22N2O2/c1-9(2)18-11(4)12(7-8-17)13-6-5-10(3)14(15(13)18)16(19)20/h5-6,9H,7-8,17H2,1-4H3,(H,19,20). The largest absolute Gasteiger partial charge is 0.478 e. The summed E-state index contributed by atoms with van der Waals surface area (Å²) in [7, 11) is 0. The van der Waals surface area contributed by atoms with Gasteiger partial charge in [-0.05, 0) is 51.8 Å². The first-order valence-corrected chi connectivity index (χ1v) is 6.96. The topological polar surface area (TPSA) is 68.2 Å². The van der Waals surface area contributed by atoms with E-state index in [1.165, 1.54) is 5.56 Å². The molecule has 20 heavy (non-hydrogen) atoms. The zero-order chi connectivity index (χ0) is 15.0. The van der Waals surface area contributed by atoms with Crippen molar-refractivity contribution in [2.24, 2.45) is 5.73 Å². The second kappa shape index (κ2) is 5.29. The van der Waals surface area contributed by atoms with Crippen LogP contribution in [0.5, 0.6) is 0 Å². The van der Waals surface area contributed by atoms with Crippen LogP contribution in [-0.2, 0) is 6.42 Å². The lowest BCUT2D eigenvalue weighted by Gasteiger charge is -2.15. The highest BCUT2D eigenvalue weighted by Gasteiger charge is 2.22. The number of fused-ring (bicyclic) bond motifs is 1. The summed E-state index contributed by atoms with van der Waals surface area (Å²) in [5, 5.41) is 10.6. The van der Waals surface area contributed by atoms with Gasteiger partial charge in [-0.25, -0.2) is 4.79 Å². The highest BCUT2D eigenvalue weighted by atomic mass is 16.4. The van der Waals surface area contributed by atoms with Crippen molar-refractivity contribution in [1.29, 1.82) is 0 Å². The number of carbonyl (C=O) groups is 1. The van der Waals surface area contributed by atoms with E-state index in [1.807, 2.05) is 26.0 Å². The van der Waals surface area contributed by atoms with E-state index in [-0.39, 0.29) is 6.04 Å². The SMILES string of the molecule is Cc1ccc2c(CCN)c(C)n(C(C)C)c2c1C(=O)O. The molecule has 3 N–H and O–H groups in total. The molecule has 4 nitrogen and oxygen atoms in total. The summed E-state index contributed by atoms with van der Waals surface area (Å²) < 4.78 is 2.12. The third kappa shape index (κ3) is 2.10. The van der Waals surface area contributed by atoms with Gasteiger partial charge in [-0.2, -0.15) is 0 Å². The van der Waals surface area contributed by atoms with Crippen molar-refractivity contribution in [2.45, 2.75) is 40.2 Å². The fourth-order valence-electron chi connectivity index (χ4n) is 3.07. The van der Waals surface area contributed by atoms with E-state index in [2.05, 4.69) is 18.4 Å². The summed E-state index contributed by atoms with van der Waals surface area (Å²) >= 11 is 0. The third-order valence-corrected chi connectivity index (χ3v) is 3.87. The molecule has 1 aromatic carbocycles. The van der Waals surface area contributed by atoms with Gasteiger partial charge in [-0.3, -0.25) is 0 Å². The molecular weight excluding hydrogens is 252 g/mol. The Morgan fingerprint density at radius 3 is 2.50 bits per heavy atom. The molecule has 0 fully saturated rings. The van der Waals surface area contributed by atoms with Crippen molar-refractivity contribution in [3.63, 3.8) is 0 Å². The van der Waals surface area contributed by atoms with Crippen molar-refractivity contribution in [2.75, 3.05) is 6.54 Å². The Morgan fingerprint density at radius 2 is 2.00 bits per heavy atom. The highest BCUT2D eigenvalue weighted by Crippen LogP contribution is 2.33. The van der Waals surface area contributed by atoms with E-state index in [1.54, 1.807) is 0 Å². The van der Waals surface area contributed by atoms with Gasteiger partial charge >= 0.3 is 5.97 Å². The summed E-state index contributed by atoms with van der Waals surface area (Å²) in [5.41, 5.74) is 10.0. The lowest BCUT2D eigenvalue weighted by atomic mass is 10.0. The summed E-state index contributed by atoms with van der Waals surface area (Å²) in [5.74, 6) is -0.869. The Bertz CT molecular complexity index is 669. The number of aromatic nitrogens is 1. The van der Waals surface area contributed by atoms with Crippen molar-refractivity contribution >= 4 is 16.9 Å². The van der Waals surface area contributed by atoms with Gasteiger partial charge in [0.15, 0.2) is 0 Å². The van der Waals surface area contributed by atoms with Crippen LogP contribution in [0, 0.1) is 13.8 Å². The van der Waals surface area contributed by atoms with Gasteiger partial charge in [0, 0.05) is 17.1 Å². The first-order valence-electron chi connectivity index (χ1n) is 6.96. The lowest BCUT2D eigenvalue weighted by molar-refractivity contribution is 0.0698. The van der Waals surface area contributed by atoms with Crippen LogP contribution in [0.3, 0.4) is 0 Å². The lowest BCUT2D eigenvalue weighted by Crippen LogP contribution is -2.09. The van der Waals surface area contributed by atoms with Crippen molar-refractivity contribution in [1.82, 2.24) is 4.57 Å². The summed E-state index contributed by atoms with van der Waals surface area (Å²) in [4.78, 5) is 11.7. The second-order valence-corrected chi connectivity index (χ2v) is 5.53. The molecule has 0 spiro atoms. The van der Waals surface area contributed by atoms with Crippen molar-refractivity contribution in [3.05, 3.63) is 34.5 Å². The molecule has 2 rings (SSSR count). The summed E-state index contributed by atoms with van der Waals surface area (Å²) in [6.45, 7) is 8.61. The van der Waals surface area contributed by atoms with Crippen LogP contribution in [0.1, 0.15) is 47.1 Å². The third-order valence-electron chi connectivity index (χ3n) is 3.87. The number of rotatable bonds is 4. The molecule has 0 unspecified atom stereocenters. The number of nitrogens with two attached hydrogens (primary N) is 1. The Hall–Kier alpha value is -1.81. The van der Waals surface area contributed by atoms with Gasteiger partial charge < -0.3 is 15.4 Å². The molecule has 1 heterocycles. The maximum Gasteiger partial charge on any atom is 0.338 e. The fraction of sp³-hybridized carbons (Fsp3) is 0.438. The van der Waals surface area contributed by atoms with E-state index in [0.717, 1.165) is 28.6 Å². The fourth-order valence-corrected chi connectivity index (χ4v) is 3.07.